The number of nitrogens with one attached hydrogen (secondary N) is 3. The summed E-state index contributed by atoms with van der Waals surface area (Å²) < 4.78 is 10.6. The molecule has 0 atom stereocenters. The number of ether oxygens (including phenoxy) is 2. The van der Waals surface area contributed by atoms with E-state index >= 15 is 0 Å². The van der Waals surface area contributed by atoms with Gasteiger partial charge in [-0.1, -0.05) is 24.3 Å². The van der Waals surface area contributed by atoms with Crippen molar-refractivity contribution in [1.82, 2.24) is 0 Å². The Morgan fingerprint density at radius 3 is 2.46 bits per heavy atom. The topological polar surface area (TPSA) is 138 Å². The van der Waals surface area contributed by atoms with Gasteiger partial charge in [-0.05, 0) is 65.2 Å². The number of amides is 1. The van der Waals surface area contributed by atoms with Gasteiger partial charge in [-0.2, -0.15) is 0 Å². The zero-order valence-electron chi connectivity index (χ0n) is 19.0. The Bertz CT molecular complexity index is 1340. The first-order valence-electron chi connectivity index (χ1n) is 10.7. The highest BCUT2D eigenvalue weighted by Gasteiger charge is 2.10. The van der Waals surface area contributed by atoms with Crippen LogP contribution in [-0.2, 0) is 0 Å². The first kappa shape index (κ1) is 23.1. The van der Waals surface area contributed by atoms with Crippen molar-refractivity contribution in [3.05, 3.63) is 91.1 Å². The number of hydrogen-bond acceptors (Lipinski definition) is 5. The molecule has 35 heavy (non-hydrogen) atoms. The molecule has 1 heterocycles. The van der Waals surface area contributed by atoms with Gasteiger partial charge in [0.25, 0.3) is 0 Å². The summed E-state index contributed by atoms with van der Waals surface area (Å²) in [5.41, 5.74) is 15.4. The second-order valence-electron chi connectivity index (χ2n) is 7.45. The molecule has 0 saturated heterocycles. The van der Waals surface area contributed by atoms with Gasteiger partial charge in [-0.25, -0.2) is 9.78 Å². The molecule has 0 unspecified atom stereocenters. The molecule has 3 aromatic carbocycles. The minimum Gasteiger partial charge on any atom is -0.495 e. The Hall–Kier alpha value is -5.05. The number of H-pyrrole nitrogens is 1. The van der Waals surface area contributed by atoms with E-state index in [0.29, 0.717) is 34.4 Å². The average molecular weight is 470 g/mol. The van der Waals surface area contributed by atoms with Crippen LogP contribution >= 0.6 is 0 Å². The van der Waals surface area contributed by atoms with Gasteiger partial charge in [0.15, 0.2) is 0 Å². The summed E-state index contributed by atoms with van der Waals surface area (Å²) in [7, 11) is 1.59. The molecule has 0 spiro atoms. The highest BCUT2D eigenvalue weighted by Crippen LogP contribution is 2.24. The number of rotatable bonds is 6. The van der Waals surface area contributed by atoms with Crippen molar-refractivity contribution in [3.63, 3.8) is 0 Å². The van der Waals surface area contributed by atoms with Crippen LogP contribution in [0, 0.1) is 0 Å². The second-order valence-corrected chi connectivity index (χ2v) is 7.45. The molecule has 0 aliphatic heterocycles. The normalized spacial score (nSPS) is 10.9. The van der Waals surface area contributed by atoms with E-state index in [-0.39, 0.29) is 5.96 Å². The van der Waals surface area contributed by atoms with Crippen LogP contribution in [0.25, 0.3) is 11.1 Å². The van der Waals surface area contributed by atoms with Crippen LogP contribution in [0.2, 0.25) is 0 Å². The maximum absolute atomic E-state index is 12.2. The molecule has 7 N–H and O–H groups in total. The van der Waals surface area contributed by atoms with Crippen LogP contribution in [0.5, 0.6) is 11.5 Å². The number of benzene rings is 3. The van der Waals surface area contributed by atoms with Gasteiger partial charge < -0.3 is 26.3 Å². The van der Waals surface area contributed by atoms with E-state index in [1.54, 1.807) is 43.6 Å². The molecule has 0 bridgehead atoms. The molecule has 1 aromatic heterocycles. The molecule has 4 rings (SSSR count). The summed E-state index contributed by atoms with van der Waals surface area (Å²) in [5, 5.41) is 5.75. The van der Waals surface area contributed by atoms with Crippen LogP contribution in [-0.4, -0.2) is 19.2 Å². The van der Waals surface area contributed by atoms with E-state index in [2.05, 4.69) is 20.6 Å². The van der Waals surface area contributed by atoms with Gasteiger partial charge >= 0.3 is 17.9 Å². The predicted octanol–water partition coefficient (Wildman–Crippen LogP) is 4.43. The van der Waals surface area contributed by atoms with Crippen molar-refractivity contribution in [1.29, 1.82) is 0 Å². The number of hydrogen-bond donors (Lipinski definition) is 4. The van der Waals surface area contributed by atoms with Gasteiger partial charge in [-0.15, -0.1) is 0 Å². The number of nitrogens with zero attached hydrogens (tertiary/aromatic N) is 1. The summed E-state index contributed by atoms with van der Waals surface area (Å²) in [6.07, 6.45) is 1.21. The summed E-state index contributed by atoms with van der Waals surface area (Å²) >= 11 is 0. The number of carbonyl (C=O) groups is 1. The molecule has 0 fully saturated rings. The molecule has 9 heteroatoms. The first-order chi connectivity index (χ1) is 17.0. The number of carbonyl (C=O) groups excluding carboxylic acids is 1. The third-order valence-electron chi connectivity index (χ3n) is 4.94. The van der Waals surface area contributed by atoms with Gasteiger partial charge in [0, 0.05) is 23.0 Å². The fraction of sp³-hybridized carbons (Fsp3) is 0.0385. The number of nitrogen functional groups attached to an aromatic ring is 1. The third kappa shape index (κ3) is 6.26. The third-order valence-corrected chi connectivity index (χ3v) is 4.94. The number of aliphatic imine (C=N–C) groups is 1. The number of methoxy groups -OCH3 is 1. The lowest BCUT2D eigenvalue weighted by molar-refractivity contribution is -0.361. The zero-order valence-corrected chi connectivity index (χ0v) is 19.0. The zero-order chi connectivity index (χ0) is 24.6. The van der Waals surface area contributed by atoms with Gasteiger partial charge in [0.1, 0.15) is 11.5 Å². The second kappa shape index (κ2) is 10.7. The van der Waals surface area contributed by atoms with Crippen molar-refractivity contribution < 1.29 is 19.3 Å². The van der Waals surface area contributed by atoms with E-state index in [1.165, 1.54) is 0 Å². The Balaban J connectivity index is 1.41. The monoisotopic (exact) mass is 469 g/mol. The summed E-state index contributed by atoms with van der Waals surface area (Å²) in [4.78, 5) is 19.7. The van der Waals surface area contributed by atoms with Gasteiger partial charge in [0.2, 0.25) is 0 Å². The van der Waals surface area contributed by atoms with Gasteiger partial charge in [0.05, 0.1) is 19.0 Å². The number of nitrogens with two attached hydrogens (primary N) is 2. The first-order valence-corrected chi connectivity index (χ1v) is 10.7. The Morgan fingerprint density at radius 1 is 0.914 bits per heavy atom. The van der Waals surface area contributed by atoms with Crippen LogP contribution < -0.4 is 36.6 Å². The summed E-state index contributed by atoms with van der Waals surface area (Å²) in [5.74, 6) is 1.84. The Labute approximate surface area is 202 Å². The average Bonchev–Trinajstić information content (AvgIpc) is 2.86. The smallest absolute Gasteiger partial charge is 0.417 e. The lowest BCUT2D eigenvalue weighted by Crippen LogP contribution is -2.23. The molecule has 1 amide bonds. The predicted molar refractivity (Wildman–Crippen MR) is 137 cm³/mol. The molecule has 9 nitrogen and oxygen atoms in total. The van der Waals surface area contributed by atoms with E-state index < -0.39 is 6.09 Å². The Kier molecular flexibility index (Phi) is 7.08. The maximum Gasteiger partial charge on any atom is 0.417 e. The lowest BCUT2D eigenvalue weighted by atomic mass is 10.1. The largest absolute Gasteiger partial charge is 0.495 e. The number of aromatic nitrogens is 1. The highest BCUT2D eigenvalue weighted by atomic mass is 16.6. The van der Waals surface area contributed by atoms with Crippen molar-refractivity contribution in [2.45, 2.75) is 0 Å². The van der Waals surface area contributed by atoms with Crippen LogP contribution in [0.4, 0.5) is 27.7 Å². The van der Waals surface area contributed by atoms with Crippen LogP contribution in [0.15, 0.2) is 96.1 Å². The minimum atomic E-state index is -0.596. The van der Waals surface area contributed by atoms with Crippen molar-refractivity contribution in [3.8, 4) is 22.6 Å². The van der Waals surface area contributed by atoms with Crippen molar-refractivity contribution in [2.24, 2.45) is 10.7 Å². The Morgan fingerprint density at radius 2 is 1.71 bits per heavy atom. The van der Waals surface area contributed by atoms with E-state index in [0.717, 1.165) is 11.1 Å². The number of guanidine groups is 1. The number of aromatic amines is 1. The number of anilines is 3. The molecule has 0 saturated carbocycles. The lowest BCUT2D eigenvalue weighted by Gasteiger charge is -2.08. The summed E-state index contributed by atoms with van der Waals surface area (Å²) in [6, 6.07) is 25.1. The number of para-hydroxylation sites is 2. The van der Waals surface area contributed by atoms with Crippen molar-refractivity contribution in [2.75, 3.05) is 23.5 Å². The van der Waals surface area contributed by atoms with Crippen LogP contribution in [0.1, 0.15) is 0 Å². The highest BCUT2D eigenvalue weighted by molar-refractivity contribution is 5.95. The fourth-order valence-corrected chi connectivity index (χ4v) is 3.27. The molecule has 176 valence electrons. The SMILES string of the molecule is COc1ccccc1NC(N)=Nc1ccc(-c2cccc(NC(=O)Oc3ccc(N)cc3)c2)c[nH+]1. The quantitative estimate of drug-likeness (QED) is 0.187. The summed E-state index contributed by atoms with van der Waals surface area (Å²) in [6.45, 7) is 0. The molecule has 0 radical (unpaired) electrons. The van der Waals surface area contributed by atoms with E-state index in [4.69, 9.17) is 20.9 Å². The molecule has 0 aliphatic carbocycles. The van der Waals surface area contributed by atoms with Crippen LogP contribution in [0.3, 0.4) is 0 Å². The van der Waals surface area contributed by atoms with E-state index in [9.17, 15) is 4.79 Å². The van der Waals surface area contributed by atoms with E-state index in [1.807, 2.05) is 54.6 Å². The van der Waals surface area contributed by atoms with Crippen molar-refractivity contribution >= 4 is 34.9 Å². The van der Waals surface area contributed by atoms with Gasteiger partial charge in [-0.3, -0.25) is 5.32 Å². The molecular formula is C26H25N6O3+. The molecule has 0 aliphatic rings. The fourth-order valence-electron chi connectivity index (χ4n) is 3.27. The standard InChI is InChI=1S/C26H24N6O3/c1-34-23-8-3-2-7-22(23)31-25(28)32-24-14-9-18(16-29-24)17-5-4-6-20(15-17)30-26(33)35-21-12-10-19(27)11-13-21/h2-16H,27H2,1H3,(H,30,33)(H3,28,29,31,32)/p+1. The maximum atomic E-state index is 12.2. The number of pyridine rings is 1. The molecule has 4 aromatic rings. The molecular weight excluding hydrogens is 444 g/mol. The minimum absolute atomic E-state index is 0.212.